The van der Waals surface area contributed by atoms with Gasteiger partial charge in [0.15, 0.2) is 0 Å². The molecule has 0 spiro atoms. The third-order valence-electron chi connectivity index (χ3n) is 5.87. The lowest BCUT2D eigenvalue weighted by Crippen LogP contribution is -2.48. The van der Waals surface area contributed by atoms with Crippen LogP contribution in [0.15, 0.2) is 42.5 Å². The maximum absolute atomic E-state index is 13.2. The molecule has 1 saturated carbocycles. The molecule has 1 aliphatic heterocycles. The minimum Gasteiger partial charge on any atom is -0.493 e. The van der Waals surface area contributed by atoms with Gasteiger partial charge in [0.2, 0.25) is 0 Å². The van der Waals surface area contributed by atoms with Gasteiger partial charge in [-0.25, -0.2) is 0 Å². The van der Waals surface area contributed by atoms with Gasteiger partial charge in [0.1, 0.15) is 5.75 Å². The summed E-state index contributed by atoms with van der Waals surface area (Å²) >= 11 is 0. The maximum atomic E-state index is 13.2. The molecule has 1 unspecified atom stereocenters. The van der Waals surface area contributed by atoms with Gasteiger partial charge in [-0.05, 0) is 47.9 Å². The first kappa shape index (κ1) is 27.8. The van der Waals surface area contributed by atoms with Gasteiger partial charge in [-0.2, -0.15) is 26.3 Å². The summed E-state index contributed by atoms with van der Waals surface area (Å²) in [6, 6.07) is 8.51. The second kappa shape index (κ2) is 11.5. The molecule has 0 bridgehead atoms. The predicted molar refractivity (Wildman–Crippen MR) is 122 cm³/mol. The molecule has 1 N–H and O–H groups in total. The topological polar surface area (TPSA) is 49.8 Å². The number of rotatable bonds is 8. The fraction of sp³-hybridized carbons (Fsp3) is 0.500. The third-order valence-corrected chi connectivity index (χ3v) is 5.87. The minimum absolute atomic E-state index is 0.0201. The Balaban J connectivity index is 0.00000112. The zero-order chi connectivity index (χ0) is 26.5. The molecule has 2 aromatic rings. The van der Waals surface area contributed by atoms with E-state index >= 15 is 0 Å². The van der Waals surface area contributed by atoms with Crippen molar-refractivity contribution in [2.75, 3.05) is 19.7 Å². The summed E-state index contributed by atoms with van der Waals surface area (Å²) in [5.74, 6) is -0.865. The standard InChI is InChI=1S/C23H23F6NO3.C3H6/c1-14(21(31)32)7-15-3-2-4-19(8-15)33-13-16-10-30(11-16)12-17-9-18(22(24,25)26)5-6-20(17)23(27,28)29;1-2-3-1/h2-6,8-9,14,16H,7,10-13H2,1H3,(H,31,32);1-3H2. The van der Waals surface area contributed by atoms with E-state index in [9.17, 15) is 31.1 Å². The molecular weight excluding hydrogens is 488 g/mol. The predicted octanol–water partition coefficient (Wildman–Crippen LogP) is 6.67. The molecule has 0 aromatic heterocycles. The van der Waals surface area contributed by atoms with Crippen LogP contribution in [0.1, 0.15) is 48.4 Å². The lowest BCUT2D eigenvalue weighted by Gasteiger charge is -2.39. The number of aliphatic carboxylic acids is 1. The second-order valence-corrected chi connectivity index (χ2v) is 9.39. The molecule has 4 rings (SSSR count). The SMILES string of the molecule is C1CC1.CC(Cc1cccc(OCC2CN(Cc3cc(C(F)(F)F)ccc3C(F)(F)F)C2)c1)C(=O)O. The molecule has 0 radical (unpaired) electrons. The number of halogens is 6. The highest BCUT2D eigenvalue weighted by molar-refractivity contribution is 5.69. The number of ether oxygens (including phenoxy) is 1. The quantitative estimate of drug-likeness (QED) is 0.398. The molecule has 36 heavy (non-hydrogen) atoms. The summed E-state index contributed by atoms with van der Waals surface area (Å²) in [5.41, 5.74) is -1.77. The number of likely N-dealkylation sites (tertiary alicyclic amines) is 1. The van der Waals surface area contributed by atoms with E-state index < -0.39 is 40.9 Å². The highest BCUT2D eigenvalue weighted by Crippen LogP contribution is 2.37. The van der Waals surface area contributed by atoms with Gasteiger partial charge in [-0.15, -0.1) is 0 Å². The molecule has 2 aliphatic rings. The van der Waals surface area contributed by atoms with Crippen LogP contribution in [0.5, 0.6) is 5.75 Å². The molecule has 1 atom stereocenters. The summed E-state index contributed by atoms with van der Waals surface area (Å²) in [5, 5.41) is 9.02. The van der Waals surface area contributed by atoms with Crippen molar-refractivity contribution >= 4 is 5.97 Å². The minimum atomic E-state index is -4.74. The van der Waals surface area contributed by atoms with Crippen LogP contribution in [0.2, 0.25) is 0 Å². The Morgan fingerprint density at radius 1 is 1.03 bits per heavy atom. The molecule has 4 nitrogen and oxygen atoms in total. The lowest BCUT2D eigenvalue weighted by atomic mass is 9.97. The van der Waals surface area contributed by atoms with Crippen molar-refractivity contribution in [3.05, 3.63) is 64.7 Å². The molecule has 2 aromatic carbocycles. The van der Waals surface area contributed by atoms with E-state index in [0.29, 0.717) is 50.1 Å². The summed E-state index contributed by atoms with van der Waals surface area (Å²) < 4.78 is 84.3. The van der Waals surface area contributed by atoms with Gasteiger partial charge in [-0.1, -0.05) is 38.3 Å². The molecule has 198 valence electrons. The van der Waals surface area contributed by atoms with Crippen LogP contribution in [0.25, 0.3) is 0 Å². The van der Waals surface area contributed by atoms with E-state index in [0.717, 1.165) is 5.56 Å². The summed E-state index contributed by atoms with van der Waals surface area (Å²) in [6.45, 7) is 2.45. The number of alkyl halides is 6. The Morgan fingerprint density at radius 2 is 1.69 bits per heavy atom. The van der Waals surface area contributed by atoms with Crippen molar-refractivity contribution < 1.29 is 41.0 Å². The van der Waals surface area contributed by atoms with E-state index in [2.05, 4.69) is 0 Å². The molecule has 1 aliphatic carbocycles. The van der Waals surface area contributed by atoms with Gasteiger partial charge in [0.05, 0.1) is 23.7 Å². The molecule has 10 heteroatoms. The second-order valence-electron chi connectivity index (χ2n) is 9.39. The smallest absolute Gasteiger partial charge is 0.416 e. The van der Waals surface area contributed by atoms with Crippen molar-refractivity contribution in [2.24, 2.45) is 11.8 Å². The monoisotopic (exact) mass is 517 g/mol. The summed E-state index contributed by atoms with van der Waals surface area (Å²) in [4.78, 5) is 12.6. The van der Waals surface area contributed by atoms with Crippen LogP contribution >= 0.6 is 0 Å². The summed E-state index contributed by atoms with van der Waals surface area (Å²) in [6.07, 6.45) is -4.61. The average molecular weight is 518 g/mol. The van der Waals surface area contributed by atoms with E-state index in [4.69, 9.17) is 9.84 Å². The van der Waals surface area contributed by atoms with E-state index in [1.165, 1.54) is 19.3 Å². The molecule has 1 saturated heterocycles. The van der Waals surface area contributed by atoms with Crippen LogP contribution in [0.3, 0.4) is 0 Å². The first-order valence-corrected chi connectivity index (χ1v) is 11.8. The van der Waals surface area contributed by atoms with E-state index in [1.807, 2.05) is 0 Å². The van der Waals surface area contributed by atoms with Gasteiger partial charge >= 0.3 is 18.3 Å². The Hall–Kier alpha value is -2.75. The number of carbonyl (C=O) groups is 1. The van der Waals surface area contributed by atoms with Crippen LogP contribution < -0.4 is 4.74 Å². The van der Waals surface area contributed by atoms with Crippen molar-refractivity contribution in [3.63, 3.8) is 0 Å². The average Bonchev–Trinajstić information content (AvgIpc) is 3.63. The normalized spacial score (nSPS) is 17.0. The number of hydrogen-bond donors (Lipinski definition) is 1. The number of nitrogens with zero attached hydrogens (tertiary/aromatic N) is 1. The van der Waals surface area contributed by atoms with E-state index in [1.54, 1.807) is 36.1 Å². The number of hydrogen-bond acceptors (Lipinski definition) is 3. The largest absolute Gasteiger partial charge is 0.493 e. The summed E-state index contributed by atoms with van der Waals surface area (Å²) in [7, 11) is 0. The Bertz CT molecular complexity index is 1030. The lowest BCUT2D eigenvalue weighted by molar-refractivity contribution is -0.142. The zero-order valence-electron chi connectivity index (χ0n) is 19.8. The first-order chi connectivity index (χ1) is 16.8. The number of carboxylic acids is 1. The Labute approximate surface area is 205 Å². The molecule has 2 fully saturated rings. The molecular formula is C26H29F6NO3. The van der Waals surface area contributed by atoms with Crippen LogP contribution in [0.4, 0.5) is 26.3 Å². The van der Waals surface area contributed by atoms with Crippen LogP contribution in [-0.2, 0) is 30.1 Å². The van der Waals surface area contributed by atoms with Gasteiger partial charge in [0, 0.05) is 25.6 Å². The molecule has 1 heterocycles. The fourth-order valence-electron chi connectivity index (χ4n) is 3.75. The van der Waals surface area contributed by atoms with Gasteiger partial charge < -0.3 is 9.84 Å². The van der Waals surface area contributed by atoms with Gasteiger partial charge in [0.25, 0.3) is 0 Å². The fourth-order valence-corrected chi connectivity index (χ4v) is 3.75. The maximum Gasteiger partial charge on any atom is 0.416 e. The van der Waals surface area contributed by atoms with Crippen molar-refractivity contribution in [1.29, 1.82) is 0 Å². The first-order valence-electron chi connectivity index (χ1n) is 11.8. The Morgan fingerprint density at radius 3 is 2.25 bits per heavy atom. The van der Waals surface area contributed by atoms with Crippen LogP contribution in [-0.4, -0.2) is 35.7 Å². The van der Waals surface area contributed by atoms with Gasteiger partial charge in [-0.3, -0.25) is 9.69 Å². The Kier molecular flexibility index (Phi) is 8.92. The third kappa shape index (κ3) is 8.43. The number of carboxylic acid groups (broad SMARTS) is 1. The van der Waals surface area contributed by atoms with Crippen molar-refractivity contribution in [1.82, 2.24) is 4.90 Å². The highest BCUT2D eigenvalue weighted by atomic mass is 19.4. The van der Waals surface area contributed by atoms with E-state index in [-0.39, 0.29) is 12.5 Å². The van der Waals surface area contributed by atoms with Crippen molar-refractivity contribution in [2.45, 2.75) is 51.5 Å². The van der Waals surface area contributed by atoms with Crippen LogP contribution in [0, 0.1) is 11.8 Å². The zero-order valence-corrected chi connectivity index (χ0v) is 19.8. The van der Waals surface area contributed by atoms with Crippen molar-refractivity contribution in [3.8, 4) is 5.75 Å². The highest BCUT2D eigenvalue weighted by Gasteiger charge is 2.38. The molecule has 0 amide bonds. The number of benzene rings is 2.